The normalized spacial score (nSPS) is 13.8. The van der Waals surface area contributed by atoms with Crippen LogP contribution in [0, 0.1) is 0 Å². The fourth-order valence-corrected chi connectivity index (χ4v) is 3.84. The molecule has 0 radical (unpaired) electrons. The van der Waals surface area contributed by atoms with Crippen LogP contribution < -0.4 is 27.4 Å². The Hall–Kier alpha value is -3.90. The van der Waals surface area contributed by atoms with E-state index in [9.17, 15) is 29.1 Å². The lowest BCUT2D eigenvalue weighted by molar-refractivity contribution is -0.142. The van der Waals surface area contributed by atoms with Crippen molar-refractivity contribution in [2.45, 2.75) is 49.9 Å². The summed E-state index contributed by atoms with van der Waals surface area (Å²) < 4.78 is 0. The van der Waals surface area contributed by atoms with Gasteiger partial charge in [0, 0.05) is 18.6 Å². The molecule has 0 saturated heterocycles. The Labute approximate surface area is 226 Å². The van der Waals surface area contributed by atoms with Crippen molar-refractivity contribution in [1.29, 1.82) is 0 Å². The molecular formula is C26H33N5O6S. The summed E-state index contributed by atoms with van der Waals surface area (Å²) in [7, 11) is 0. The molecule has 0 aliphatic heterocycles. The smallest absolute Gasteiger partial charge is 0.326 e. The highest BCUT2D eigenvalue weighted by atomic mass is 32.1. The van der Waals surface area contributed by atoms with Gasteiger partial charge in [-0.2, -0.15) is 12.6 Å². The van der Waals surface area contributed by atoms with E-state index in [0.717, 1.165) is 11.1 Å². The lowest BCUT2D eigenvalue weighted by Gasteiger charge is -2.24. The SMILES string of the molecule is NC(=O)CCC(NC(=O)C(CS)NC(=O)C(Cc1ccccc1)NC(=O)C(N)Cc1ccccc1)C(=O)O. The van der Waals surface area contributed by atoms with Crippen molar-refractivity contribution in [1.82, 2.24) is 16.0 Å². The first-order valence-electron chi connectivity index (χ1n) is 12.0. The van der Waals surface area contributed by atoms with Gasteiger partial charge in [0.2, 0.25) is 23.6 Å². The second-order valence-electron chi connectivity index (χ2n) is 8.70. The third-order valence-corrected chi connectivity index (χ3v) is 6.03. The van der Waals surface area contributed by atoms with E-state index in [4.69, 9.17) is 11.5 Å². The highest BCUT2D eigenvalue weighted by molar-refractivity contribution is 7.80. The number of aliphatic carboxylic acids is 1. The third-order valence-electron chi connectivity index (χ3n) is 5.66. The first-order valence-corrected chi connectivity index (χ1v) is 12.6. The maximum absolute atomic E-state index is 13.2. The largest absolute Gasteiger partial charge is 0.480 e. The summed E-state index contributed by atoms with van der Waals surface area (Å²) in [4.78, 5) is 61.3. The molecule has 0 heterocycles. The van der Waals surface area contributed by atoms with Crippen LogP contribution in [0.4, 0.5) is 0 Å². The average molecular weight is 544 g/mol. The first kappa shape index (κ1) is 30.3. The Morgan fingerprint density at radius 1 is 0.737 bits per heavy atom. The van der Waals surface area contributed by atoms with Crippen LogP contribution in [0.5, 0.6) is 0 Å². The van der Waals surface area contributed by atoms with Gasteiger partial charge < -0.3 is 32.5 Å². The van der Waals surface area contributed by atoms with Crippen LogP contribution >= 0.6 is 12.6 Å². The molecule has 2 aromatic rings. The average Bonchev–Trinajstić information content (AvgIpc) is 2.89. The predicted molar refractivity (Wildman–Crippen MR) is 144 cm³/mol. The number of amides is 4. The summed E-state index contributed by atoms with van der Waals surface area (Å²) in [5.41, 5.74) is 12.8. The molecule has 8 N–H and O–H groups in total. The molecule has 11 nitrogen and oxygen atoms in total. The Balaban J connectivity index is 2.12. The molecule has 0 spiro atoms. The number of thiol groups is 1. The van der Waals surface area contributed by atoms with Crippen LogP contribution in [0.3, 0.4) is 0 Å². The van der Waals surface area contributed by atoms with Gasteiger partial charge >= 0.3 is 5.97 Å². The molecule has 4 atom stereocenters. The van der Waals surface area contributed by atoms with Crippen molar-refractivity contribution in [3.05, 3.63) is 71.8 Å². The van der Waals surface area contributed by atoms with Gasteiger partial charge in [-0.25, -0.2) is 4.79 Å². The summed E-state index contributed by atoms with van der Waals surface area (Å²) in [5.74, 6) is -4.25. The van der Waals surface area contributed by atoms with Gasteiger partial charge in [0.1, 0.15) is 18.1 Å². The molecule has 204 valence electrons. The van der Waals surface area contributed by atoms with Crippen LogP contribution in [-0.4, -0.2) is 64.6 Å². The van der Waals surface area contributed by atoms with E-state index < -0.39 is 53.8 Å². The van der Waals surface area contributed by atoms with E-state index in [2.05, 4.69) is 28.6 Å². The number of primary amides is 1. The van der Waals surface area contributed by atoms with Gasteiger partial charge in [-0.3, -0.25) is 19.2 Å². The van der Waals surface area contributed by atoms with Crippen LogP contribution in [-0.2, 0) is 36.8 Å². The quantitative estimate of drug-likeness (QED) is 0.148. The number of carboxylic acid groups (broad SMARTS) is 1. The van der Waals surface area contributed by atoms with Crippen LogP contribution in [0.15, 0.2) is 60.7 Å². The van der Waals surface area contributed by atoms with Crippen molar-refractivity contribution in [2.75, 3.05) is 5.75 Å². The fraction of sp³-hybridized carbons (Fsp3) is 0.346. The second-order valence-corrected chi connectivity index (χ2v) is 9.06. The van der Waals surface area contributed by atoms with Crippen molar-refractivity contribution in [3.63, 3.8) is 0 Å². The number of hydrogen-bond acceptors (Lipinski definition) is 7. The molecule has 0 aliphatic carbocycles. The molecule has 4 amide bonds. The van der Waals surface area contributed by atoms with Crippen LogP contribution in [0.1, 0.15) is 24.0 Å². The van der Waals surface area contributed by atoms with Crippen molar-refractivity contribution in [3.8, 4) is 0 Å². The summed E-state index contributed by atoms with van der Waals surface area (Å²) in [6.07, 6.45) is -0.0805. The molecule has 0 saturated carbocycles. The van der Waals surface area contributed by atoms with Gasteiger partial charge in [0.25, 0.3) is 0 Å². The topological polar surface area (TPSA) is 194 Å². The summed E-state index contributed by atoms with van der Waals surface area (Å²) in [6, 6.07) is 13.5. The minimum absolute atomic E-state index is 0.119. The number of carbonyl (C=O) groups excluding carboxylic acids is 4. The summed E-state index contributed by atoms with van der Waals surface area (Å²) in [5, 5.41) is 16.8. The van der Waals surface area contributed by atoms with Crippen molar-refractivity contribution in [2.24, 2.45) is 11.5 Å². The maximum Gasteiger partial charge on any atom is 0.326 e. The number of nitrogens with one attached hydrogen (secondary N) is 3. The molecule has 0 aliphatic rings. The van der Waals surface area contributed by atoms with Crippen molar-refractivity contribution >= 4 is 42.2 Å². The first-order chi connectivity index (χ1) is 18.1. The zero-order chi connectivity index (χ0) is 28.1. The molecule has 0 fully saturated rings. The summed E-state index contributed by atoms with van der Waals surface area (Å²) >= 11 is 4.11. The number of carboxylic acids is 1. The minimum atomic E-state index is -1.38. The zero-order valence-electron chi connectivity index (χ0n) is 20.7. The number of benzene rings is 2. The van der Waals surface area contributed by atoms with E-state index >= 15 is 0 Å². The molecule has 4 unspecified atom stereocenters. The summed E-state index contributed by atoms with van der Waals surface area (Å²) in [6.45, 7) is 0. The molecule has 12 heteroatoms. The molecule has 0 aromatic heterocycles. The van der Waals surface area contributed by atoms with E-state index in [-0.39, 0.29) is 31.4 Å². The maximum atomic E-state index is 13.2. The highest BCUT2D eigenvalue weighted by Crippen LogP contribution is 2.07. The molecular weight excluding hydrogens is 510 g/mol. The number of nitrogens with two attached hydrogens (primary N) is 2. The van der Waals surface area contributed by atoms with E-state index in [1.165, 1.54) is 0 Å². The fourth-order valence-electron chi connectivity index (χ4n) is 3.58. The Kier molecular flexibility index (Phi) is 12.3. The number of carbonyl (C=O) groups is 5. The van der Waals surface area contributed by atoms with E-state index in [0.29, 0.717) is 0 Å². The monoisotopic (exact) mass is 543 g/mol. The van der Waals surface area contributed by atoms with Crippen LogP contribution in [0.25, 0.3) is 0 Å². The second kappa shape index (κ2) is 15.4. The van der Waals surface area contributed by atoms with Gasteiger partial charge in [-0.05, 0) is 24.0 Å². The molecule has 0 bridgehead atoms. The van der Waals surface area contributed by atoms with Crippen molar-refractivity contribution < 1.29 is 29.1 Å². The molecule has 2 rings (SSSR count). The number of hydrogen-bond donors (Lipinski definition) is 7. The Morgan fingerprint density at radius 2 is 1.21 bits per heavy atom. The van der Waals surface area contributed by atoms with E-state index in [1.807, 2.05) is 36.4 Å². The zero-order valence-corrected chi connectivity index (χ0v) is 21.6. The Bertz CT molecular complexity index is 1100. The van der Waals surface area contributed by atoms with Gasteiger partial charge in [-0.15, -0.1) is 0 Å². The van der Waals surface area contributed by atoms with Crippen LogP contribution in [0.2, 0.25) is 0 Å². The third kappa shape index (κ3) is 10.2. The van der Waals surface area contributed by atoms with E-state index in [1.54, 1.807) is 24.3 Å². The lowest BCUT2D eigenvalue weighted by atomic mass is 10.0. The molecule has 38 heavy (non-hydrogen) atoms. The standard InChI is InChI=1S/C26H33N5O6S/c27-18(13-16-7-3-1-4-8-16)23(33)30-20(14-17-9-5-2-6-10-17)24(34)31-21(15-38)25(35)29-19(26(36)37)11-12-22(28)32/h1-10,18-21,38H,11-15,27H2,(H2,28,32)(H,29,35)(H,30,33)(H,31,34)(H,36,37). The number of rotatable bonds is 15. The highest BCUT2D eigenvalue weighted by Gasteiger charge is 2.30. The lowest BCUT2D eigenvalue weighted by Crippen LogP contribution is -2.58. The molecule has 2 aromatic carbocycles. The van der Waals surface area contributed by atoms with Gasteiger partial charge in [-0.1, -0.05) is 60.7 Å². The van der Waals surface area contributed by atoms with Gasteiger partial charge in [0.15, 0.2) is 0 Å². The van der Waals surface area contributed by atoms with Gasteiger partial charge in [0.05, 0.1) is 6.04 Å². The predicted octanol–water partition coefficient (Wildman–Crippen LogP) is -0.467. The Morgan fingerprint density at radius 3 is 1.71 bits per heavy atom. The minimum Gasteiger partial charge on any atom is -0.480 e.